The van der Waals surface area contributed by atoms with Crippen molar-refractivity contribution >= 4 is 33.0 Å². The summed E-state index contributed by atoms with van der Waals surface area (Å²) in [6.45, 7) is 0. The molecule has 0 aliphatic heterocycles. The summed E-state index contributed by atoms with van der Waals surface area (Å²) in [4.78, 5) is 24.8. The normalized spacial score (nSPS) is 10.5. The SMILES string of the molecule is O=C(Cc1cc(=O)c2ccccc2s1)Nc1ccccc1. The van der Waals surface area contributed by atoms with Crippen molar-refractivity contribution in [3.05, 3.63) is 75.8 Å². The van der Waals surface area contributed by atoms with Gasteiger partial charge in [0.1, 0.15) is 0 Å². The van der Waals surface area contributed by atoms with E-state index in [2.05, 4.69) is 5.32 Å². The molecular weight excluding hydrogens is 282 g/mol. The van der Waals surface area contributed by atoms with E-state index in [0.717, 1.165) is 15.3 Å². The number of anilines is 1. The van der Waals surface area contributed by atoms with Crippen LogP contribution in [0.15, 0.2) is 65.5 Å². The summed E-state index contributed by atoms with van der Waals surface area (Å²) < 4.78 is 0.910. The van der Waals surface area contributed by atoms with Crippen molar-refractivity contribution in [1.82, 2.24) is 0 Å². The molecule has 0 atom stereocenters. The number of nitrogens with one attached hydrogen (secondary N) is 1. The van der Waals surface area contributed by atoms with Gasteiger partial charge in [-0.3, -0.25) is 9.59 Å². The minimum Gasteiger partial charge on any atom is -0.326 e. The van der Waals surface area contributed by atoms with Crippen LogP contribution in [0.1, 0.15) is 4.88 Å². The molecule has 0 unspecified atom stereocenters. The van der Waals surface area contributed by atoms with Gasteiger partial charge < -0.3 is 5.32 Å². The Hall–Kier alpha value is -2.46. The van der Waals surface area contributed by atoms with E-state index in [-0.39, 0.29) is 17.8 Å². The Morgan fingerprint density at radius 2 is 1.71 bits per heavy atom. The Bertz CT molecular complexity index is 840. The maximum Gasteiger partial charge on any atom is 0.229 e. The number of carbonyl (C=O) groups excluding carboxylic acids is 1. The Kier molecular flexibility index (Phi) is 3.79. The average Bonchev–Trinajstić information content (AvgIpc) is 2.48. The van der Waals surface area contributed by atoms with Crippen LogP contribution >= 0.6 is 11.3 Å². The second-order valence-electron chi connectivity index (χ2n) is 4.66. The van der Waals surface area contributed by atoms with Gasteiger partial charge in [-0.2, -0.15) is 0 Å². The monoisotopic (exact) mass is 295 g/mol. The molecule has 1 N–H and O–H groups in total. The van der Waals surface area contributed by atoms with Gasteiger partial charge >= 0.3 is 0 Å². The van der Waals surface area contributed by atoms with Crippen molar-refractivity contribution in [3.63, 3.8) is 0 Å². The van der Waals surface area contributed by atoms with Gasteiger partial charge in [0.15, 0.2) is 5.43 Å². The average molecular weight is 295 g/mol. The maximum absolute atomic E-state index is 12.0. The minimum absolute atomic E-state index is 0.0353. The second-order valence-corrected chi connectivity index (χ2v) is 5.83. The Labute approximate surface area is 125 Å². The first-order valence-corrected chi connectivity index (χ1v) is 7.41. The molecule has 21 heavy (non-hydrogen) atoms. The predicted molar refractivity (Wildman–Crippen MR) is 86.9 cm³/mol. The number of hydrogen-bond acceptors (Lipinski definition) is 3. The lowest BCUT2D eigenvalue weighted by Crippen LogP contribution is -2.15. The molecule has 0 spiro atoms. The molecular formula is C17H13NO2S. The highest BCUT2D eigenvalue weighted by Gasteiger charge is 2.07. The molecule has 0 fully saturated rings. The van der Waals surface area contributed by atoms with E-state index in [4.69, 9.17) is 0 Å². The van der Waals surface area contributed by atoms with Crippen molar-refractivity contribution < 1.29 is 4.79 Å². The predicted octanol–water partition coefficient (Wildman–Crippen LogP) is 3.44. The number of hydrogen-bond donors (Lipinski definition) is 1. The molecule has 4 heteroatoms. The first-order chi connectivity index (χ1) is 10.2. The topological polar surface area (TPSA) is 46.2 Å². The highest BCUT2D eigenvalue weighted by Crippen LogP contribution is 2.19. The number of rotatable bonds is 3. The van der Waals surface area contributed by atoms with E-state index in [1.54, 1.807) is 6.07 Å². The molecule has 0 bridgehead atoms. The lowest BCUT2D eigenvalue weighted by atomic mass is 10.2. The summed E-state index contributed by atoms with van der Waals surface area (Å²) in [5, 5.41) is 3.53. The Balaban J connectivity index is 1.82. The van der Waals surface area contributed by atoms with Crippen molar-refractivity contribution in [3.8, 4) is 0 Å². The highest BCUT2D eigenvalue weighted by molar-refractivity contribution is 7.18. The van der Waals surface area contributed by atoms with E-state index < -0.39 is 0 Å². The quantitative estimate of drug-likeness (QED) is 0.804. The summed E-state index contributed by atoms with van der Waals surface area (Å²) >= 11 is 1.48. The first-order valence-electron chi connectivity index (χ1n) is 6.59. The fourth-order valence-electron chi connectivity index (χ4n) is 2.13. The zero-order valence-corrected chi connectivity index (χ0v) is 12.0. The summed E-state index contributed by atoms with van der Waals surface area (Å²) in [5.74, 6) is -0.118. The molecule has 1 heterocycles. The molecule has 2 aromatic carbocycles. The summed E-state index contributed by atoms with van der Waals surface area (Å²) in [5.41, 5.74) is 0.725. The lowest BCUT2D eigenvalue weighted by Gasteiger charge is -2.05. The standard InChI is InChI=1S/C17H13NO2S/c19-15-10-13(21-16-9-5-4-8-14(15)16)11-17(20)18-12-6-2-1-3-7-12/h1-10H,11H2,(H,18,20). The number of fused-ring (bicyclic) bond motifs is 1. The second kappa shape index (κ2) is 5.89. The molecule has 3 rings (SSSR count). The van der Waals surface area contributed by atoms with Crippen LogP contribution in [0.4, 0.5) is 5.69 Å². The third kappa shape index (κ3) is 3.17. The molecule has 0 radical (unpaired) electrons. The van der Waals surface area contributed by atoms with Gasteiger partial charge in [0.2, 0.25) is 5.91 Å². The zero-order chi connectivity index (χ0) is 14.7. The van der Waals surface area contributed by atoms with Gasteiger partial charge in [-0.25, -0.2) is 0 Å². The van der Waals surface area contributed by atoms with Gasteiger partial charge in [0.25, 0.3) is 0 Å². The molecule has 1 aromatic heterocycles. The molecule has 104 valence electrons. The van der Waals surface area contributed by atoms with E-state index in [0.29, 0.717) is 5.39 Å². The van der Waals surface area contributed by atoms with Gasteiger partial charge in [-0.1, -0.05) is 30.3 Å². The van der Waals surface area contributed by atoms with Gasteiger partial charge in [0.05, 0.1) is 6.42 Å². The summed E-state index contributed by atoms with van der Waals surface area (Å²) in [6.07, 6.45) is 0.208. The van der Waals surface area contributed by atoms with E-state index >= 15 is 0 Å². The Morgan fingerprint density at radius 3 is 2.52 bits per heavy atom. The molecule has 3 nitrogen and oxygen atoms in total. The fourth-order valence-corrected chi connectivity index (χ4v) is 3.20. The van der Waals surface area contributed by atoms with Crippen LogP contribution in [0.2, 0.25) is 0 Å². The van der Waals surface area contributed by atoms with Gasteiger partial charge in [-0.15, -0.1) is 11.3 Å². The van der Waals surface area contributed by atoms with Gasteiger partial charge in [0, 0.05) is 20.7 Å². The van der Waals surface area contributed by atoms with Crippen LogP contribution in [-0.4, -0.2) is 5.91 Å². The van der Waals surface area contributed by atoms with Crippen molar-refractivity contribution in [2.24, 2.45) is 0 Å². The van der Waals surface area contributed by atoms with E-state index in [1.165, 1.54) is 11.3 Å². The van der Waals surface area contributed by atoms with E-state index in [9.17, 15) is 9.59 Å². The van der Waals surface area contributed by atoms with Crippen LogP contribution in [0.5, 0.6) is 0 Å². The molecule has 0 saturated carbocycles. The molecule has 1 amide bonds. The van der Waals surface area contributed by atoms with Crippen LogP contribution in [-0.2, 0) is 11.2 Å². The zero-order valence-electron chi connectivity index (χ0n) is 11.2. The highest BCUT2D eigenvalue weighted by atomic mass is 32.1. The number of benzene rings is 2. The van der Waals surface area contributed by atoms with Crippen molar-refractivity contribution in [1.29, 1.82) is 0 Å². The minimum atomic E-state index is -0.118. The van der Waals surface area contributed by atoms with Crippen LogP contribution in [0, 0.1) is 0 Å². The number of amides is 1. The Morgan fingerprint density at radius 1 is 1.00 bits per heavy atom. The first kappa shape index (κ1) is 13.5. The van der Waals surface area contributed by atoms with E-state index in [1.807, 2.05) is 54.6 Å². The number of carbonyl (C=O) groups is 1. The lowest BCUT2D eigenvalue weighted by molar-refractivity contribution is -0.115. The molecule has 3 aromatic rings. The summed E-state index contributed by atoms with van der Waals surface area (Å²) in [7, 11) is 0. The molecule has 0 aliphatic rings. The molecule has 0 saturated heterocycles. The van der Waals surface area contributed by atoms with Crippen molar-refractivity contribution in [2.45, 2.75) is 6.42 Å². The largest absolute Gasteiger partial charge is 0.326 e. The molecule has 0 aliphatic carbocycles. The van der Waals surface area contributed by atoms with Crippen LogP contribution < -0.4 is 10.7 Å². The van der Waals surface area contributed by atoms with Crippen molar-refractivity contribution in [2.75, 3.05) is 5.32 Å². The van der Waals surface area contributed by atoms with Crippen LogP contribution in [0.25, 0.3) is 10.1 Å². The third-order valence-electron chi connectivity index (χ3n) is 3.08. The summed E-state index contributed by atoms with van der Waals surface area (Å²) in [6, 6.07) is 18.3. The fraction of sp³-hybridized carbons (Fsp3) is 0.0588. The maximum atomic E-state index is 12.0. The smallest absolute Gasteiger partial charge is 0.229 e. The number of para-hydroxylation sites is 1. The third-order valence-corrected chi connectivity index (χ3v) is 4.18. The van der Waals surface area contributed by atoms with Gasteiger partial charge in [-0.05, 0) is 30.3 Å². The van der Waals surface area contributed by atoms with Crippen LogP contribution in [0.3, 0.4) is 0 Å².